The van der Waals surface area contributed by atoms with Gasteiger partial charge in [-0.2, -0.15) is 0 Å². The molecule has 0 aliphatic heterocycles. The van der Waals surface area contributed by atoms with Crippen molar-refractivity contribution < 1.29 is 92.2 Å². The van der Waals surface area contributed by atoms with Gasteiger partial charge in [0.2, 0.25) is 0 Å². The molecule has 0 saturated heterocycles. The summed E-state index contributed by atoms with van der Waals surface area (Å²) in [5.41, 5.74) is 1.98. The van der Waals surface area contributed by atoms with Crippen molar-refractivity contribution in [2.24, 2.45) is 0 Å². The Kier molecular flexibility index (Phi) is 14.7. The smallest absolute Gasteiger partial charge is 0.125 e. The van der Waals surface area contributed by atoms with Gasteiger partial charge in [-0.15, -0.1) is 0 Å². The molecule has 0 fully saturated rings. The van der Waals surface area contributed by atoms with E-state index in [0.29, 0.717) is 18.7 Å². The molecule has 95 heavy (non-hydrogen) atoms. The lowest BCUT2D eigenvalue weighted by Gasteiger charge is -2.20. The highest BCUT2D eigenvalue weighted by atomic mass is 16.5. The summed E-state index contributed by atoms with van der Waals surface area (Å²) in [6.07, 6.45) is -12.7. The Hall–Kier alpha value is -9.00. The van der Waals surface area contributed by atoms with E-state index in [1.165, 1.54) is 38.2 Å². The monoisotopic (exact) mass is 1330 g/mol. The highest BCUT2D eigenvalue weighted by molar-refractivity contribution is 5.36. The second-order valence-electron chi connectivity index (χ2n) is 19.6. The zero-order valence-corrected chi connectivity index (χ0v) is 52.6. The zero-order chi connectivity index (χ0) is 111. The summed E-state index contributed by atoms with van der Waals surface area (Å²) in [7, 11) is 0. The maximum atomic E-state index is 8.43. The molecule has 0 bridgehead atoms. The molecule has 0 amide bonds. The predicted octanol–water partition coefficient (Wildman–Crippen LogP) is 18.6. The third-order valence-electron chi connectivity index (χ3n) is 12.5. The molecule has 500 valence electrons. The van der Waals surface area contributed by atoms with Crippen LogP contribution >= 0.6 is 0 Å². The first kappa shape index (κ1) is 31.3. The van der Waals surface area contributed by atoms with E-state index in [2.05, 4.69) is 16.0 Å². The van der Waals surface area contributed by atoms with E-state index in [1.54, 1.807) is 35.6 Å². The Morgan fingerprint density at radius 1 is 0.305 bits per heavy atom. The van der Waals surface area contributed by atoms with Crippen molar-refractivity contribution in [2.45, 2.75) is 97.1 Å². The predicted molar refractivity (Wildman–Crippen MR) is 398 cm³/mol. The van der Waals surface area contributed by atoms with Gasteiger partial charge in [-0.25, -0.2) is 0 Å². The number of rotatable bonds is 30. The second-order valence-corrected chi connectivity index (χ2v) is 19.6. The van der Waals surface area contributed by atoms with Gasteiger partial charge in [0.1, 0.15) is 59.3 Å². The summed E-state index contributed by atoms with van der Waals surface area (Å²) in [5.74, 6) is -0.561. The van der Waals surface area contributed by atoms with Crippen LogP contribution in [0.5, 0.6) is 28.7 Å². The van der Waals surface area contributed by atoms with Crippen molar-refractivity contribution in [3.63, 3.8) is 0 Å². The normalized spacial score (nSPS) is 20.9. The molecule has 10 aromatic carbocycles. The maximum absolute atomic E-state index is 8.43. The standard InChI is InChI=1S/5C17H21NO/c2*1-14-8-6-7-11-16(14)19-17(12-13-18-2)15-9-4-3-5-10-15;3*1-14-8-10-16(11-9-14)19-17(12-13-18-2)15-6-4-3-5-7-15/h5*3-11,17-18H,12-13H2,1-2H3/i2D3,3D,4D,5D,9D,10D;2D3;2D3,3D,4D,5D,6D,7D,8D,9D,10D,11D,12D2,13D2;2D3,3D,4D,5D,6D,7D,8D,9D,10D,11D;2D3,8D,9D,10D,11D,12D2,13D2. The van der Waals surface area contributed by atoms with Crippen LogP contribution < -0.4 is 50.3 Å². The molecular formula is C85H105N5O5. The summed E-state index contributed by atoms with van der Waals surface area (Å²) < 4.78 is 419. The molecule has 0 aromatic heterocycles. The minimum absolute atomic E-state index is 0.0107. The van der Waals surface area contributed by atoms with Gasteiger partial charge in [0.15, 0.2) is 0 Å². The molecule has 10 nitrogen and oxygen atoms in total. The molecule has 10 rings (SSSR count). The van der Waals surface area contributed by atoms with E-state index in [9.17, 15) is 0 Å². The Balaban J connectivity index is 0.000000279. The van der Waals surface area contributed by atoms with Gasteiger partial charge in [0.05, 0.1) is 37.0 Å². The number of aryl methyl sites for hydroxylation is 2. The summed E-state index contributed by atoms with van der Waals surface area (Å²) in [6, 6.07) is 16.5. The van der Waals surface area contributed by atoms with E-state index in [1.807, 2.05) is 80.6 Å². The van der Waals surface area contributed by atoms with Gasteiger partial charge in [-0.05, 0) is 189 Å². The topological polar surface area (TPSA) is 106 Å². The minimum atomic E-state index is -3.51. The van der Waals surface area contributed by atoms with Gasteiger partial charge >= 0.3 is 0 Å². The van der Waals surface area contributed by atoms with Crippen molar-refractivity contribution in [1.82, 2.24) is 26.6 Å². The number of hydrogen-bond acceptors (Lipinski definition) is 10. The largest absolute Gasteiger partial charge is 0.486 e. The quantitative estimate of drug-likeness (QED) is 0.0299. The third-order valence-corrected chi connectivity index (χ3v) is 12.5. The SMILES string of the molecule is [2H]C([2H])([2H])NCCC(Oc1ccccc1C)c1ccccc1.[2H]c1c([2H])c(OC(c2ccccc2)C([2H])([2H])C([2H])([2H])NC([2H])([2H])[2H])c([2H])c([2H])c1C.[2H]c1c([2H])c([2H])c(C(CCNC([2H])([2H])[2H])Oc2c([2H])c([2H])c(C)c([2H])c2[2H])c([2H])c1[2H].[2H]c1c([2H])c([2H])c(C(CCNC([2H])([2H])[2H])Oc2ccccc2C)c([2H])c1[2H].[2H]c1c([2H])c([2H])c(C(Oc2c([2H])c([2H])c(C)c([2H])c2[2H])C([2H])([2H])C([2H])([2H])NC([2H])([2H])[2H])c([2H])c1[2H]. The molecule has 5 N–H and O–H groups in total. The van der Waals surface area contributed by atoms with E-state index < -0.39 is 235 Å². The average molecular weight is 1330 g/mol. The van der Waals surface area contributed by atoms with Gasteiger partial charge in [-0.3, -0.25) is 0 Å². The number of benzene rings is 10. The molecule has 0 saturated carbocycles. The Morgan fingerprint density at radius 2 is 0.589 bits per heavy atom. The van der Waals surface area contributed by atoms with Crippen LogP contribution in [-0.4, -0.2) is 67.5 Å². The van der Waals surface area contributed by atoms with Crippen LogP contribution in [0.3, 0.4) is 0 Å². The minimum Gasteiger partial charge on any atom is -0.486 e. The summed E-state index contributed by atoms with van der Waals surface area (Å²) in [5, 5.41) is 10.3. The van der Waals surface area contributed by atoms with Crippen LogP contribution in [0.1, 0.15) is 187 Å². The molecule has 0 spiro atoms. The molecule has 5 atom stereocenters. The van der Waals surface area contributed by atoms with Crippen molar-refractivity contribution in [1.29, 1.82) is 0 Å². The lowest BCUT2D eigenvalue weighted by molar-refractivity contribution is 0.193. The molecule has 0 heterocycles. The Labute approximate surface area is 640 Å². The summed E-state index contributed by atoms with van der Waals surface area (Å²) in [6.45, 7) is -11.6. The number of hydrogen-bond donors (Lipinski definition) is 5. The maximum Gasteiger partial charge on any atom is 0.125 e. The lowest BCUT2D eigenvalue weighted by atomic mass is 10.1. The third kappa shape index (κ3) is 28.6. The van der Waals surface area contributed by atoms with Crippen molar-refractivity contribution in [3.05, 3.63) is 328 Å². The fourth-order valence-corrected chi connectivity index (χ4v) is 7.83. The first-order chi connectivity index (χ1) is 66.4. The van der Waals surface area contributed by atoms with Gasteiger partial charge < -0.3 is 50.3 Å². The number of para-hydroxylation sites is 2. The van der Waals surface area contributed by atoms with Crippen LogP contribution in [0, 0.1) is 34.6 Å². The average Bonchev–Trinajstić information content (AvgIpc) is 0.723. The lowest BCUT2D eigenvalue weighted by Crippen LogP contribution is -2.16. The van der Waals surface area contributed by atoms with E-state index in [-0.39, 0.29) is 102 Å². The first-order valence-corrected chi connectivity index (χ1v) is 29.2. The Morgan fingerprint density at radius 3 is 0.937 bits per heavy atom. The van der Waals surface area contributed by atoms with Crippen LogP contribution in [-0.2, 0) is 0 Å². The molecule has 10 heteroatoms. The van der Waals surface area contributed by atoms with E-state index in [4.69, 9.17) is 92.2 Å². The van der Waals surface area contributed by atoms with Crippen molar-refractivity contribution in [3.8, 4) is 28.7 Å². The molecule has 0 aliphatic rings. The van der Waals surface area contributed by atoms with Gasteiger partial charge in [0.25, 0.3) is 0 Å². The van der Waals surface area contributed by atoms with Crippen LogP contribution in [0.2, 0.25) is 0 Å². The van der Waals surface area contributed by atoms with E-state index >= 15 is 0 Å². The van der Waals surface area contributed by atoms with Crippen molar-refractivity contribution >= 4 is 0 Å². The zero-order valence-electron chi connectivity index (χ0n) is 103. The summed E-state index contributed by atoms with van der Waals surface area (Å²) >= 11 is 0. The molecular weight excluding hydrogens is 1170 g/mol. The molecule has 10 aromatic rings. The fourth-order valence-electron chi connectivity index (χ4n) is 7.83. The first-order valence-electron chi connectivity index (χ1n) is 54.2. The van der Waals surface area contributed by atoms with Gasteiger partial charge in [0, 0.05) is 63.5 Å². The highest BCUT2D eigenvalue weighted by Crippen LogP contribution is 2.31. The Bertz CT molecular complexity index is 6010. The molecule has 0 radical (unpaired) electrons. The van der Waals surface area contributed by atoms with Gasteiger partial charge in [-0.1, -0.05) is 241 Å². The second kappa shape index (κ2) is 44.6. The van der Waals surface area contributed by atoms with E-state index in [0.717, 1.165) is 22.4 Å². The van der Waals surface area contributed by atoms with Crippen molar-refractivity contribution in [2.75, 3.05) is 67.5 Å². The summed E-state index contributed by atoms with van der Waals surface area (Å²) in [4.78, 5) is 0. The van der Waals surface area contributed by atoms with Crippen LogP contribution in [0.15, 0.2) is 272 Å². The van der Waals surface area contributed by atoms with Crippen LogP contribution in [0.25, 0.3) is 0 Å². The van der Waals surface area contributed by atoms with Crippen LogP contribution in [0.4, 0.5) is 0 Å². The molecule has 5 unspecified atom stereocenters. The fraction of sp³-hybridized carbons (Fsp3) is 0.294. The number of ether oxygens (including phenoxy) is 5. The number of nitrogens with one attached hydrogen (secondary N) is 5. The highest BCUT2D eigenvalue weighted by Gasteiger charge is 2.18. The molecule has 0 aliphatic carbocycles.